The molecule has 0 bridgehead atoms. The Morgan fingerprint density at radius 2 is 0.879 bits per heavy atom. The normalized spacial score (nSPS) is 28.8. The van der Waals surface area contributed by atoms with Crippen LogP contribution in [0.4, 0.5) is 0 Å². The van der Waals surface area contributed by atoms with Crippen LogP contribution in [-0.4, -0.2) is 67.3 Å². The van der Waals surface area contributed by atoms with Gasteiger partial charge < -0.3 is 13.3 Å². The molecular weight excluding hydrogens is 459 g/mol. The van der Waals surface area contributed by atoms with Gasteiger partial charge in [-0.05, 0) is 67.2 Å². The van der Waals surface area contributed by atoms with Crippen LogP contribution in [0.15, 0.2) is 0 Å². The Morgan fingerprint density at radius 3 is 1.27 bits per heavy atom. The van der Waals surface area contributed by atoms with Gasteiger partial charge >= 0.3 is 0 Å². The molecule has 2 rings (SSSR count). The van der Waals surface area contributed by atoms with E-state index in [1.54, 1.807) is 0 Å². The summed E-state index contributed by atoms with van der Waals surface area (Å²) in [5.74, 6) is 0. The zero-order chi connectivity index (χ0) is 25.8. The Balaban J connectivity index is 2.43. The van der Waals surface area contributed by atoms with Gasteiger partial charge in [-0.25, -0.2) is 0 Å². The molecule has 0 radical (unpaired) electrons. The average molecular weight is 516 g/mol. The van der Waals surface area contributed by atoms with Crippen LogP contribution < -0.4 is 0 Å². The number of hydrogen-bond acceptors (Lipinski definition) is 4. The van der Waals surface area contributed by atoms with Crippen LogP contribution in [0.5, 0.6) is 0 Å². The van der Waals surface area contributed by atoms with Crippen molar-refractivity contribution in [1.29, 1.82) is 0 Å². The van der Waals surface area contributed by atoms with Gasteiger partial charge in [0.2, 0.25) is 0 Å². The highest BCUT2D eigenvalue weighted by atomic mass is 28.4. The molecule has 2 aliphatic heterocycles. The van der Waals surface area contributed by atoms with Crippen molar-refractivity contribution < 1.29 is 13.3 Å². The van der Waals surface area contributed by atoms with Crippen molar-refractivity contribution in [1.82, 2.24) is 4.90 Å². The summed E-state index contributed by atoms with van der Waals surface area (Å²) >= 11 is 0. The Labute approximate surface area is 209 Å². The predicted octanol–water partition coefficient (Wildman–Crippen LogP) is 7.64. The fourth-order valence-electron chi connectivity index (χ4n) is 4.23. The summed E-state index contributed by atoms with van der Waals surface area (Å²) in [4.78, 5) is 2.67. The van der Waals surface area contributed by atoms with E-state index >= 15 is 0 Å². The number of rotatable bonds is 6. The lowest BCUT2D eigenvalue weighted by Crippen LogP contribution is -2.64. The Hall–Kier alpha value is 0.491. The van der Waals surface area contributed by atoms with E-state index in [0.717, 1.165) is 25.9 Å². The van der Waals surface area contributed by atoms with Crippen LogP contribution in [0.25, 0.3) is 0 Å². The molecule has 0 N–H and O–H groups in total. The van der Waals surface area contributed by atoms with Crippen molar-refractivity contribution in [3.05, 3.63) is 0 Å². The van der Waals surface area contributed by atoms with Crippen LogP contribution in [-0.2, 0) is 13.3 Å². The first-order valence-corrected chi connectivity index (χ1v) is 22.0. The summed E-state index contributed by atoms with van der Waals surface area (Å²) < 4.78 is 21.5. The largest absolute Gasteiger partial charge is 0.412 e. The van der Waals surface area contributed by atoms with Gasteiger partial charge in [-0.2, -0.15) is 0 Å². The molecule has 2 aliphatic rings. The van der Waals surface area contributed by atoms with Gasteiger partial charge in [0.05, 0.1) is 24.4 Å². The summed E-state index contributed by atoms with van der Waals surface area (Å²) in [5.41, 5.74) is 0. The minimum atomic E-state index is -1.98. The minimum absolute atomic E-state index is 0.0889. The van der Waals surface area contributed by atoms with Crippen molar-refractivity contribution in [3.63, 3.8) is 0 Å². The summed E-state index contributed by atoms with van der Waals surface area (Å²) in [6.07, 6.45) is 2.67. The van der Waals surface area contributed by atoms with Crippen molar-refractivity contribution in [3.8, 4) is 0 Å². The zero-order valence-electron chi connectivity index (χ0n) is 24.8. The standard InChI is InChI=1S/C26H57NO3Si3/c1-24(2,3)31(10,11)28-20-16-18-27-19-17-21(29-32(12,13)25(4,5)6)23(22(20)27)30-33(14,15)26(7,8)9/h20-23H,16-19H2,1-15H3/t20-,21+,22+,23-/m0/s1. The second-order valence-electron chi connectivity index (χ2n) is 15.3. The molecule has 7 heteroatoms. The molecule has 2 heterocycles. The third-order valence-electron chi connectivity index (χ3n) is 9.65. The van der Waals surface area contributed by atoms with E-state index in [0.29, 0.717) is 6.04 Å². The van der Waals surface area contributed by atoms with Crippen molar-refractivity contribution in [2.24, 2.45) is 0 Å². The summed E-state index contributed by atoms with van der Waals surface area (Å²) in [6.45, 7) is 37.7. The van der Waals surface area contributed by atoms with Gasteiger partial charge in [0, 0.05) is 13.1 Å². The van der Waals surface area contributed by atoms with Crippen LogP contribution in [0.1, 0.15) is 75.2 Å². The van der Waals surface area contributed by atoms with E-state index in [-0.39, 0.29) is 33.4 Å². The van der Waals surface area contributed by atoms with Gasteiger partial charge in [0.1, 0.15) is 0 Å². The van der Waals surface area contributed by atoms with Crippen molar-refractivity contribution >= 4 is 25.0 Å². The molecular formula is C26H57NO3Si3. The molecule has 33 heavy (non-hydrogen) atoms. The molecule has 0 unspecified atom stereocenters. The second-order valence-corrected chi connectivity index (χ2v) is 29.5. The zero-order valence-corrected chi connectivity index (χ0v) is 27.8. The highest BCUT2D eigenvalue weighted by Crippen LogP contribution is 2.46. The monoisotopic (exact) mass is 515 g/mol. The van der Waals surface area contributed by atoms with Crippen LogP contribution >= 0.6 is 0 Å². The lowest BCUT2D eigenvalue weighted by atomic mass is 9.95. The molecule has 2 saturated heterocycles. The van der Waals surface area contributed by atoms with E-state index < -0.39 is 25.0 Å². The number of hydrogen-bond donors (Lipinski definition) is 0. The summed E-state index contributed by atoms with van der Waals surface area (Å²) in [6, 6.07) is 0.303. The highest BCUT2D eigenvalue weighted by molar-refractivity contribution is 6.75. The van der Waals surface area contributed by atoms with Crippen molar-refractivity contribution in [2.45, 2.75) is 154 Å². The third kappa shape index (κ3) is 6.44. The molecule has 0 amide bonds. The van der Waals surface area contributed by atoms with Gasteiger partial charge in [-0.1, -0.05) is 62.3 Å². The molecule has 0 aromatic carbocycles. The van der Waals surface area contributed by atoms with E-state index in [1.807, 2.05) is 0 Å². The van der Waals surface area contributed by atoms with E-state index in [4.69, 9.17) is 13.3 Å². The maximum Gasteiger partial charge on any atom is 0.192 e. The van der Waals surface area contributed by atoms with Gasteiger partial charge in [-0.3, -0.25) is 4.90 Å². The van der Waals surface area contributed by atoms with Gasteiger partial charge in [-0.15, -0.1) is 0 Å². The molecule has 196 valence electrons. The van der Waals surface area contributed by atoms with E-state index in [2.05, 4.69) is 106 Å². The van der Waals surface area contributed by atoms with Crippen LogP contribution in [0.3, 0.4) is 0 Å². The fraction of sp³-hybridized carbons (Fsp3) is 1.00. The predicted molar refractivity (Wildman–Crippen MR) is 151 cm³/mol. The fourth-order valence-corrected chi connectivity index (χ4v) is 8.29. The Bertz CT molecular complexity index is 674. The smallest absolute Gasteiger partial charge is 0.192 e. The molecule has 0 aromatic rings. The average Bonchev–Trinajstić information content (AvgIpc) is 2.96. The maximum atomic E-state index is 7.29. The first kappa shape index (κ1) is 29.7. The first-order valence-electron chi connectivity index (χ1n) is 13.3. The number of nitrogens with zero attached hydrogens (tertiary/aromatic N) is 1. The summed E-state index contributed by atoms with van der Waals surface area (Å²) in [7, 11) is -5.76. The lowest BCUT2D eigenvalue weighted by molar-refractivity contribution is -0.0716. The van der Waals surface area contributed by atoms with Crippen LogP contribution in [0.2, 0.25) is 54.4 Å². The quantitative estimate of drug-likeness (QED) is 0.340. The molecule has 4 nitrogen and oxygen atoms in total. The van der Waals surface area contributed by atoms with Gasteiger partial charge in [0.15, 0.2) is 25.0 Å². The minimum Gasteiger partial charge on any atom is -0.412 e. The molecule has 2 fully saturated rings. The molecule has 4 atom stereocenters. The maximum absolute atomic E-state index is 7.29. The van der Waals surface area contributed by atoms with Crippen LogP contribution in [0, 0.1) is 0 Å². The second kappa shape index (κ2) is 9.42. The Morgan fingerprint density at radius 1 is 0.545 bits per heavy atom. The van der Waals surface area contributed by atoms with Crippen molar-refractivity contribution in [2.75, 3.05) is 13.1 Å². The highest BCUT2D eigenvalue weighted by Gasteiger charge is 2.54. The molecule has 0 aromatic heterocycles. The van der Waals surface area contributed by atoms with Gasteiger partial charge in [0.25, 0.3) is 0 Å². The topological polar surface area (TPSA) is 30.9 Å². The number of fused-ring (bicyclic) bond motifs is 1. The third-order valence-corrected chi connectivity index (χ3v) is 23.1. The molecule has 0 aliphatic carbocycles. The molecule has 0 saturated carbocycles. The lowest BCUT2D eigenvalue weighted by Gasteiger charge is -2.52. The number of piperidine rings is 1. The molecule has 0 spiro atoms. The van der Waals surface area contributed by atoms with E-state index in [9.17, 15) is 0 Å². The van der Waals surface area contributed by atoms with E-state index in [1.165, 1.54) is 0 Å². The Kier molecular flexibility index (Phi) is 8.48. The first-order chi connectivity index (χ1) is 14.5. The summed E-state index contributed by atoms with van der Waals surface area (Å²) in [5, 5.41) is 0.575. The SMILES string of the molecule is CC(C)(C)[Si](C)(C)O[C@@H]1[C@H]2[C@@H](O[Si](C)(C)C(C)(C)C)CCN2CC[C@H]1O[Si](C)(C)C(C)(C)C.